The Hall–Kier alpha value is 0.280. The van der Waals surface area contributed by atoms with Gasteiger partial charge in [0.1, 0.15) is 0 Å². The van der Waals surface area contributed by atoms with Crippen molar-refractivity contribution in [1.82, 2.24) is 0 Å². The minimum Gasteiger partial charge on any atom is -0.397 e. The molecule has 0 unspecified atom stereocenters. The Kier molecular flexibility index (Phi) is 46.4. The van der Waals surface area contributed by atoms with Gasteiger partial charge in [-0.2, -0.15) is 0 Å². The van der Waals surface area contributed by atoms with Crippen molar-refractivity contribution in [3.63, 3.8) is 0 Å². The van der Waals surface area contributed by atoms with Crippen LogP contribution in [0.15, 0.2) is 24.3 Å². The number of nitrogen functional groups attached to an aromatic ring is 2. The lowest BCUT2D eigenvalue weighted by atomic mass is 10.3. The summed E-state index contributed by atoms with van der Waals surface area (Å²) in [6.45, 7) is 12.0. The third-order valence-corrected chi connectivity index (χ3v) is 0.996. The Labute approximate surface area is 125 Å². The van der Waals surface area contributed by atoms with Gasteiger partial charge in [-0.25, -0.2) is 0 Å². The molecule has 0 aromatic heterocycles. The largest absolute Gasteiger partial charge is 0.397 e. The molecule has 0 aliphatic carbocycles. The fraction of sp³-hybridized carbons (Fsp3) is 0.500. The van der Waals surface area contributed by atoms with Gasteiger partial charge in [0.25, 0.3) is 0 Å². The molecule has 2 nitrogen and oxygen atoms in total. The van der Waals surface area contributed by atoms with Crippen LogP contribution in [0.5, 0.6) is 0 Å². The van der Waals surface area contributed by atoms with E-state index >= 15 is 0 Å². The first-order valence-electron chi connectivity index (χ1n) is 5.55. The molecule has 0 spiro atoms. The fourth-order valence-electron chi connectivity index (χ4n) is 0.511. The number of halogens is 2. The van der Waals surface area contributed by atoms with Crippen LogP contribution >= 0.6 is 37.2 Å². The Balaban J connectivity index is -0.0000000771. The molecule has 0 heterocycles. The van der Waals surface area contributed by atoms with Crippen molar-refractivity contribution >= 4 is 48.6 Å². The van der Waals surface area contributed by atoms with E-state index in [0.29, 0.717) is 11.4 Å². The van der Waals surface area contributed by atoms with E-state index in [0.717, 1.165) is 0 Å². The van der Waals surface area contributed by atoms with E-state index < -0.39 is 0 Å². The highest BCUT2D eigenvalue weighted by atomic mass is 128. The molecule has 16 heavy (non-hydrogen) atoms. The minimum atomic E-state index is 0.646. The number of nitrogens with two attached hydrogens (primary N) is 2. The standard InChI is InChI=1S/C6H8N2.3C2H6.I2/c7-5-3-1-2-4-6(5)8;4*1-2/h1-4H,7-8H2;3*1-2H3;. The molecule has 1 aromatic carbocycles. The summed E-state index contributed by atoms with van der Waals surface area (Å²) in [5, 5.41) is 0. The van der Waals surface area contributed by atoms with E-state index in [-0.39, 0.29) is 0 Å². The minimum absolute atomic E-state index is 0.646. The predicted molar refractivity (Wildman–Crippen MR) is 97.4 cm³/mol. The summed E-state index contributed by atoms with van der Waals surface area (Å²) in [5.74, 6) is 0. The first kappa shape index (κ1) is 25.2. The number of para-hydroxylation sites is 2. The van der Waals surface area contributed by atoms with E-state index in [2.05, 4.69) is 37.2 Å². The Morgan fingerprint density at radius 3 is 1.00 bits per heavy atom. The van der Waals surface area contributed by atoms with Crippen LogP contribution in [-0.2, 0) is 0 Å². The van der Waals surface area contributed by atoms with Gasteiger partial charge >= 0.3 is 0 Å². The first-order chi connectivity index (χ1) is 7.80. The predicted octanol–water partition coefficient (Wildman–Crippen LogP) is 5.70. The van der Waals surface area contributed by atoms with Gasteiger partial charge in [-0.3, -0.25) is 0 Å². The van der Waals surface area contributed by atoms with Gasteiger partial charge in [0, 0.05) is 37.2 Å². The van der Waals surface area contributed by atoms with E-state index in [1.54, 1.807) is 12.1 Å². The molecule has 0 bridgehead atoms. The molecule has 1 rings (SSSR count). The van der Waals surface area contributed by atoms with Crippen molar-refractivity contribution in [2.24, 2.45) is 0 Å². The first-order valence-corrected chi connectivity index (χ1v) is 11.8. The van der Waals surface area contributed by atoms with Gasteiger partial charge in [0.2, 0.25) is 0 Å². The average molecular weight is 452 g/mol. The van der Waals surface area contributed by atoms with Gasteiger partial charge < -0.3 is 11.5 Å². The summed E-state index contributed by atoms with van der Waals surface area (Å²) < 4.78 is 0. The van der Waals surface area contributed by atoms with Gasteiger partial charge in [0.15, 0.2) is 0 Å². The van der Waals surface area contributed by atoms with Crippen LogP contribution in [0.3, 0.4) is 0 Å². The van der Waals surface area contributed by atoms with Gasteiger partial charge in [-0.1, -0.05) is 53.7 Å². The Morgan fingerprint density at radius 1 is 0.688 bits per heavy atom. The number of hydrogen-bond donors (Lipinski definition) is 2. The highest BCUT2D eigenvalue weighted by molar-refractivity contribution is 15.0. The molecular weight excluding hydrogens is 426 g/mol. The van der Waals surface area contributed by atoms with Crippen LogP contribution in [-0.4, -0.2) is 0 Å². The maximum atomic E-state index is 5.39. The second kappa shape index (κ2) is 29.5. The van der Waals surface area contributed by atoms with Gasteiger partial charge in [-0.15, -0.1) is 0 Å². The second-order valence-electron chi connectivity index (χ2n) is 1.63. The molecule has 0 saturated heterocycles. The quantitative estimate of drug-likeness (QED) is 0.392. The SMILES string of the molecule is CC.CC.CC.II.Nc1ccccc1N. The smallest absolute Gasteiger partial charge is 0.0547 e. The summed E-state index contributed by atoms with van der Waals surface area (Å²) in [7, 11) is 0. The summed E-state index contributed by atoms with van der Waals surface area (Å²) in [4.78, 5) is 0. The molecule has 0 fully saturated rings. The van der Waals surface area contributed by atoms with E-state index in [1.807, 2.05) is 53.7 Å². The van der Waals surface area contributed by atoms with Crippen LogP contribution in [0.25, 0.3) is 0 Å². The van der Waals surface area contributed by atoms with Crippen molar-refractivity contribution in [2.45, 2.75) is 41.5 Å². The van der Waals surface area contributed by atoms with E-state index in [9.17, 15) is 0 Å². The summed E-state index contributed by atoms with van der Waals surface area (Å²) >= 11 is 4.24. The van der Waals surface area contributed by atoms with Crippen LogP contribution in [0, 0.1) is 0 Å². The average Bonchev–Trinajstić information content (AvgIpc) is 2.42. The topological polar surface area (TPSA) is 52.0 Å². The Bertz CT molecular complexity index is 173. The maximum Gasteiger partial charge on any atom is 0.0547 e. The monoisotopic (exact) mass is 452 g/mol. The summed E-state index contributed by atoms with van der Waals surface area (Å²) in [5.41, 5.74) is 12.1. The molecule has 0 radical (unpaired) electrons. The molecule has 4 heteroatoms. The van der Waals surface area contributed by atoms with Gasteiger partial charge in [0.05, 0.1) is 11.4 Å². The number of benzene rings is 1. The zero-order valence-corrected chi connectivity index (χ0v) is 15.5. The van der Waals surface area contributed by atoms with E-state index in [1.165, 1.54) is 0 Å². The zero-order chi connectivity index (χ0) is 14.0. The summed E-state index contributed by atoms with van der Waals surface area (Å²) in [6, 6.07) is 7.25. The third kappa shape index (κ3) is 19.8. The van der Waals surface area contributed by atoms with Crippen molar-refractivity contribution in [1.29, 1.82) is 0 Å². The maximum absolute atomic E-state index is 5.39. The van der Waals surface area contributed by atoms with Crippen LogP contribution in [0.2, 0.25) is 0 Å². The molecule has 0 atom stereocenters. The van der Waals surface area contributed by atoms with Crippen LogP contribution in [0.4, 0.5) is 11.4 Å². The highest BCUT2D eigenvalue weighted by Gasteiger charge is 1.85. The number of hydrogen-bond acceptors (Lipinski definition) is 2. The lowest BCUT2D eigenvalue weighted by Gasteiger charge is -1.94. The van der Waals surface area contributed by atoms with Crippen molar-refractivity contribution in [3.05, 3.63) is 24.3 Å². The molecule has 0 aliphatic rings. The molecular formula is C12H26I2N2. The molecule has 1 aromatic rings. The normalized spacial score (nSPS) is 6.00. The molecule has 4 N–H and O–H groups in total. The molecule has 0 aliphatic heterocycles. The molecule has 98 valence electrons. The second-order valence-corrected chi connectivity index (χ2v) is 1.63. The van der Waals surface area contributed by atoms with Crippen molar-refractivity contribution < 1.29 is 0 Å². The molecule has 0 amide bonds. The van der Waals surface area contributed by atoms with Gasteiger partial charge in [-0.05, 0) is 12.1 Å². The lowest BCUT2D eigenvalue weighted by Crippen LogP contribution is -1.91. The lowest BCUT2D eigenvalue weighted by molar-refractivity contribution is 1.50. The van der Waals surface area contributed by atoms with Crippen LogP contribution in [0.1, 0.15) is 41.5 Å². The summed E-state index contributed by atoms with van der Waals surface area (Å²) in [6.07, 6.45) is 0. The van der Waals surface area contributed by atoms with Crippen molar-refractivity contribution in [2.75, 3.05) is 11.5 Å². The number of rotatable bonds is 0. The van der Waals surface area contributed by atoms with Crippen LogP contribution < -0.4 is 11.5 Å². The Morgan fingerprint density at radius 2 is 0.875 bits per heavy atom. The zero-order valence-electron chi connectivity index (χ0n) is 11.2. The molecule has 0 saturated carbocycles. The third-order valence-electron chi connectivity index (χ3n) is 0.996. The van der Waals surface area contributed by atoms with Crippen molar-refractivity contribution in [3.8, 4) is 0 Å². The number of anilines is 2. The highest BCUT2D eigenvalue weighted by Crippen LogP contribution is 2.10. The fourth-order valence-corrected chi connectivity index (χ4v) is 0.511. The van der Waals surface area contributed by atoms with E-state index in [4.69, 9.17) is 11.5 Å².